The number of piperazine rings is 1. The highest BCUT2D eigenvalue weighted by atomic mass is 16.5. The molecule has 1 heterocycles. The summed E-state index contributed by atoms with van der Waals surface area (Å²) in [7, 11) is 1.77. The topological polar surface area (TPSA) is 24.5 Å². The zero-order chi connectivity index (χ0) is 15.0. The molecule has 0 amide bonds. The average Bonchev–Trinajstić information content (AvgIpc) is 3.23. The fourth-order valence-corrected chi connectivity index (χ4v) is 3.56. The summed E-state index contributed by atoms with van der Waals surface area (Å²) in [5.74, 6) is 1.91. The van der Waals surface area contributed by atoms with Gasteiger partial charge in [-0.2, -0.15) is 0 Å². The van der Waals surface area contributed by atoms with Gasteiger partial charge < -0.3 is 10.1 Å². The smallest absolute Gasteiger partial charge is 0.123 e. The molecule has 1 aromatic rings. The lowest BCUT2D eigenvalue weighted by atomic mass is 9.95. The summed E-state index contributed by atoms with van der Waals surface area (Å²) < 4.78 is 5.56. The fraction of sp³-hybridized carbons (Fsp3) is 0.667. The van der Waals surface area contributed by atoms with E-state index in [-0.39, 0.29) is 5.54 Å². The van der Waals surface area contributed by atoms with Crippen molar-refractivity contribution in [3.63, 3.8) is 0 Å². The van der Waals surface area contributed by atoms with Gasteiger partial charge in [-0.1, -0.05) is 17.7 Å². The van der Waals surface area contributed by atoms with Crippen LogP contribution in [0.5, 0.6) is 5.75 Å². The maximum atomic E-state index is 5.56. The van der Waals surface area contributed by atoms with Crippen molar-refractivity contribution in [1.29, 1.82) is 0 Å². The molecule has 1 aliphatic carbocycles. The molecule has 2 fully saturated rings. The molecule has 0 radical (unpaired) electrons. The molecule has 21 heavy (non-hydrogen) atoms. The Morgan fingerprint density at radius 2 is 2.10 bits per heavy atom. The van der Waals surface area contributed by atoms with Crippen LogP contribution >= 0.6 is 0 Å². The van der Waals surface area contributed by atoms with Crippen LogP contribution in [0.1, 0.15) is 37.8 Å². The van der Waals surface area contributed by atoms with Crippen molar-refractivity contribution in [2.24, 2.45) is 5.92 Å². The first-order valence-electron chi connectivity index (χ1n) is 8.11. The molecule has 1 N–H and O–H groups in total. The third-order valence-corrected chi connectivity index (χ3v) is 4.83. The van der Waals surface area contributed by atoms with Gasteiger partial charge in [-0.25, -0.2) is 0 Å². The van der Waals surface area contributed by atoms with E-state index >= 15 is 0 Å². The first-order valence-corrected chi connectivity index (χ1v) is 8.11. The number of benzene rings is 1. The van der Waals surface area contributed by atoms with E-state index in [1.54, 1.807) is 7.11 Å². The van der Waals surface area contributed by atoms with Gasteiger partial charge in [-0.3, -0.25) is 4.90 Å². The summed E-state index contributed by atoms with van der Waals surface area (Å²) in [6.45, 7) is 9.98. The van der Waals surface area contributed by atoms with Crippen LogP contribution in [0.4, 0.5) is 0 Å². The molecule has 116 valence electrons. The van der Waals surface area contributed by atoms with Gasteiger partial charge in [0.25, 0.3) is 0 Å². The molecule has 2 aliphatic rings. The van der Waals surface area contributed by atoms with Crippen molar-refractivity contribution in [3.05, 3.63) is 29.3 Å². The second kappa shape index (κ2) is 5.62. The van der Waals surface area contributed by atoms with Crippen molar-refractivity contribution in [2.45, 2.75) is 51.7 Å². The summed E-state index contributed by atoms with van der Waals surface area (Å²) in [5.41, 5.74) is 2.83. The zero-order valence-electron chi connectivity index (χ0n) is 13.8. The standard InChI is InChI=1S/C18H28N2O/c1-13-5-8-17(21-4)15(9-13)11-20-12-18(2,3)19-10-16(20)14-6-7-14/h5,8-9,14,16,19H,6-7,10-12H2,1-4H3. The molecule has 3 nitrogen and oxygen atoms in total. The number of nitrogens with zero attached hydrogens (tertiary/aromatic N) is 1. The molecular weight excluding hydrogens is 260 g/mol. The average molecular weight is 288 g/mol. The van der Waals surface area contributed by atoms with E-state index in [1.807, 2.05) is 0 Å². The highest BCUT2D eigenvalue weighted by Gasteiger charge is 2.40. The second-order valence-electron chi connectivity index (χ2n) is 7.39. The molecule has 1 saturated carbocycles. The predicted octanol–water partition coefficient (Wildman–Crippen LogP) is 2.97. The van der Waals surface area contributed by atoms with Gasteiger partial charge in [0, 0.05) is 36.8 Å². The maximum Gasteiger partial charge on any atom is 0.123 e. The minimum Gasteiger partial charge on any atom is -0.496 e. The number of methoxy groups -OCH3 is 1. The van der Waals surface area contributed by atoms with E-state index in [0.29, 0.717) is 6.04 Å². The van der Waals surface area contributed by atoms with Gasteiger partial charge in [0.2, 0.25) is 0 Å². The molecule has 3 heteroatoms. The van der Waals surface area contributed by atoms with Crippen molar-refractivity contribution >= 4 is 0 Å². The molecule has 1 aliphatic heterocycles. The molecule has 1 atom stereocenters. The molecular formula is C18H28N2O. The summed E-state index contributed by atoms with van der Waals surface area (Å²) in [6, 6.07) is 7.19. The largest absolute Gasteiger partial charge is 0.496 e. The molecule has 0 spiro atoms. The van der Waals surface area contributed by atoms with Crippen LogP contribution in [0.25, 0.3) is 0 Å². The van der Waals surface area contributed by atoms with E-state index in [2.05, 4.69) is 49.2 Å². The Kier molecular flexibility index (Phi) is 3.98. The predicted molar refractivity (Wildman–Crippen MR) is 86.7 cm³/mol. The van der Waals surface area contributed by atoms with Crippen LogP contribution in [0.15, 0.2) is 18.2 Å². The van der Waals surface area contributed by atoms with E-state index in [4.69, 9.17) is 4.74 Å². The van der Waals surface area contributed by atoms with E-state index in [1.165, 1.54) is 24.0 Å². The first-order chi connectivity index (χ1) is 9.98. The summed E-state index contributed by atoms with van der Waals surface area (Å²) in [5, 5.41) is 3.71. The minimum absolute atomic E-state index is 0.197. The van der Waals surface area contributed by atoms with E-state index in [9.17, 15) is 0 Å². The Morgan fingerprint density at radius 1 is 1.33 bits per heavy atom. The maximum absolute atomic E-state index is 5.56. The lowest BCUT2D eigenvalue weighted by Crippen LogP contribution is -2.61. The lowest BCUT2D eigenvalue weighted by molar-refractivity contribution is 0.0752. The Labute approximate surface area is 128 Å². The number of hydrogen-bond acceptors (Lipinski definition) is 3. The zero-order valence-corrected chi connectivity index (χ0v) is 13.8. The number of nitrogens with one attached hydrogen (secondary N) is 1. The normalized spacial score (nSPS) is 25.8. The third kappa shape index (κ3) is 3.41. The SMILES string of the molecule is COc1ccc(C)cc1CN1CC(C)(C)NCC1C1CC1. The number of rotatable bonds is 4. The molecule has 1 saturated heterocycles. The van der Waals surface area contributed by atoms with Crippen molar-refractivity contribution in [3.8, 4) is 5.75 Å². The van der Waals surface area contributed by atoms with Crippen LogP contribution in [0, 0.1) is 12.8 Å². The molecule has 3 rings (SSSR count). The van der Waals surface area contributed by atoms with Crippen LogP contribution in [-0.2, 0) is 6.54 Å². The van der Waals surface area contributed by atoms with Crippen LogP contribution in [-0.4, -0.2) is 36.7 Å². The summed E-state index contributed by atoms with van der Waals surface area (Å²) in [6.07, 6.45) is 2.79. The van der Waals surface area contributed by atoms with Crippen molar-refractivity contribution < 1.29 is 4.74 Å². The van der Waals surface area contributed by atoms with Crippen LogP contribution in [0.2, 0.25) is 0 Å². The molecule has 0 bridgehead atoms. The highest BCUT2D eigenvalue weighted by molar-refractivity contribution is 5.37. The highest BCUT2D eigenvalue weighted by Crippen LogP contribution is 2.38. The fourth-order valence-electron chi connectivity index (χ4n) is 3.56. The van der Waals surface area contributed by atoms with Gasteiger partial charge in [0.1, 0.15) is 5.75 Å². The van der Waals surface area contributed by atoms with Gasteiger partial charge in [-0.15, -0.1) is 0 Å². The number of hydrogen-bond donors (Lipinski definition) is 1. The van der Waals surface area contributed by atoms with E-state index in [0.717, 1.165) is 31.3 Å². The van der Waals surface area contributed by atoms with Crippen LogP contribution < -0.4 is 10.1 Å². The van der Waals surface area contributed by atoms with Gasteiger partial charge in [0.15, 0.2) is 0 Å². The molecule has 1 aromatic carbocycles. The summed E-state index contributed by atoms with van der Waals surface area (Å²) in [4.78, 5) is 2.67. The second-order valence-corrected chi connectivity index (χ2v) is 7.39. The van der Waals surface area contributed by atoms with Gasteiger partial charge >= 0.3 is 0 Å². The monoisotopic (exact) mass is 288 g/mol. The van der Waals surface area contributed by atoms with Gasteiger partial charge in [0.05, 0.1) is 7.11 Å². The van der Waals surface area contributed by atoms with E-state index < -0.39 is 0 Å². The first kappa shape index (κ1) is 14.9. The molecule has 1 unspecified atom stereocenters. The number of ether oxygens (including phenoxy) is 1. The Hall–Kier alpha value is -1.06. The lowest BCUT2D eigenvalue weighted by Gasteiger charge is -2.45. The quantitative estimate of drug-likeness (QED) is 0.922. The number of aryl methyl sites for hydroxylation is 1. The summed E-state index contributed by atoms with van der Waals surface area (Å²) >= 11 is 0. The minimum atomic E-state index is 0.197. The Bertz CT molecular complexity index is 508. The van der Waals surface area contributed by atoms with Crippen molar-refractivity contribution in [1.82, 2.24) is 10.2 Å². The van der Waals surface area contributed by atoms with Gasteiger partial charge in [-0.05, 0) is 45.6 Å². The third-order valence-electron chi connectivity index (χ3n) is 4.83. The van der Waals surface area contributed by atoms with Crippen LogP contribution in [0.3, 0.4) is 0 Å². The molecule has 0 aromatic heterocycles. The van der Waals surface area contributed by atoms with Crippen molar-refractivity contribution in [2.75, 3.05) is 20.2 Å². The Morgan fingerprint density at radius 3 is 2.76 bits per heavy atom. The Balaban J connectivity index is 1.81.